The number of carbonyl (C=O) groups is 2. The van der Waals surface area contributed by atoms with Gasteiger partial charge in [0.15, 0.2) is 11.6 Å². The number of carbonyl (C=O) groups excluding carboxylic acids is 2. The summed E-state index contributed by atoms with van der Waals surface area (Å²) in [6.45, 7) is 0. The van der Waals surface area contributed by atoms with Gasteiger partial charge < -0.3 is 0 Å². The summed E-state index contributed by atoms with van der Waals surface area (Å²) in [4.78, 5) is 23.6. The van der Waals surface area contributed by atoms with E-state index in [-0.39, 0.29) is 12.8 Å². The van der Waals surface area contributed by atoms with E-state index in [1.165, 1.54) is 6.07 Å². The maximum Gasteiger partial charge on any atom is 0.270 e. The predicted molar refractivity (Wildman–Crippen MR) is 84.4 cm³/mol. The number of hydrogen-bond donors (Lipinski definition) is 2. The molecule has 23 heavy (non-hydrogen) atoms. The summed E-state index contributed by atoms with van der Waals surface area (Å²) in [5.74, 6) is -2.78. The summed E-state index contributed by atoms with van der Waals surface area (Å²) >= 11 is 3.24. The number of hydrogen-bond acceptors (Lipinski definition) is 2. The van der Waals surface area contributed by atoms with Gasteiger partial charge in [-0.2, -0.15) is 0 Å². The van der Waals surface area contributed by atoms with Crippen LogP contribution in [0.4, 0.5) is 8.78 Å². The van der Waals surface area contributed by atoms with Gasteiger partial charge in [0.05, 0.1) is 5.56 Å². The van der Waals surface area contributed by atoms with Crippen LogP contribution in [0.1, 0.15) is 22.3 Å². The quantitative estimate of drug-likeness (QED) is 0.798. The van der Waals surface area contributed by atoms with Crippen molar-refractivity contribution in [3.8, 4) is 0 Å². The highest BCUT2D eigenvalue weighted by Gasteiger charge is 2.10. The highest BCUT2D eigenvalue weighted by atomic mass is 79.9. The summed E-state index contributed by atoms with van der Waals surface area (Å²) in [6.07, 6.45) is 0.259. The molecule has 7 heteroatoms. The lowest BCUT2D eigenvalue weighted by molar-refractivity contribution is -0.121. The second kappa shape index (κ2) is 7.82. The van der Waals surface area contributed by atoms with E-state index in [1.807, 2.05) is 0 Å². The van der Waals surface area contributed by atoms with E-state index in [1.54, 1.807) is 24.3 Å². The fraction of sp³-hybridized carbons (Fsp3) is 0.125. The first kappa shape index (κ1) is 17.1. The van der Waals surface area contributed by atoms with E-state index in [2.05, 4.69) is 26.8 Å². The van der Waals surface area contributed by atoms with Gasteiger partial charge in [-0.15, -0.1) is 0 Å². The van der Waals surface area contributed by atoms with Crippen molar-refractivity contribution in [3.05, 3.63) is 69.7 Å². The van der Waals surface area contributed by atoms with Crippen LogP contribution in [0.2, 0.25) is 0 Å². The third-order valence-corrected chi connectivity index (χ3v) is 3.75. The lowest BCUT2D eigenvalue weighted by atomic mass is 10.1. The molecule has 0 aliphatic heterocycles. The van der Waals surface area contributed by atoms with Crippen LogP contribution in [-0.4, -0.2) is 11.8 Å². The minimum absolute atomic E-state index is 0.0291. The zero-order chi connectivity index (χ0) is 16.8. The third kappa shape index (κ3) is 4.85. The Balaban J connectivity index is 1.82. The lowest BCUT2D eigenvalue weighted by Crippen LogP contribution is -2.41. The molecule has 0 fully saturated rings. The molecule has 4 nitrogen and oxygen atoms in total. The van der Waals surface area contributed by atoms with Crippen molar-refractivity contribution in [2.75, 3.05) is 0 Å². The van der Waals surface area contributed by atoms with Crippen molar-refractivity contribution in [3.63, 3.8) is 0 Å². The molecule has 0 aromatic heterocycles. The molecule has 0 aliphatic rings. The standard InChI is InChI=1S/C16H13BrF2N2O2/c17-12-4-2-1-3-11(12)16(23)21-20-15(22)8-6-10-5-7-13(18)14(19)9-10/h1-5,7,9H,6,8H2,(H,20,22)(H,21,23). The van der Waals surface area contributed by atoms with Crippen molar-refractivity contribution in [1.29, 1.82) is 0 Å². The molecule has 120 valence electrons. The van der Waals surface area contributed by atoms with Gasteiger partial charge in [-0.25, -0.2) is 8.78 Å². The number of halogens is 3. The Kier molecular flexibility index (Phi) is 5.81. The molecule has 0 saturated heterocycles. The summed E-state index contributed by atoms with van der Waals surface area (Å²) in [6, 6.07) is 10.2. The van der Waals surface area contributed by atoms with Crippen molar-refractivity contribution >= 4 is 27.7 Å². The molecule has 0 bridgehead atoms. The van der Waals surface area contributed by atoms with Crippen LogP contribution in [0.3, 0.4) is 0 Å². The molecule has 2 aromatic rings. The Labute approximate surface area is 140 Å². The van der Waals surface area contributed by atoms with Crippen LogP contribution >= 0.6 is 15.9 Å². The monoisotopic (exact) mass is 382 g/mol. The molecule has 2 aromatic carbocycles. The lowest BCUT2D eigenvalue weighted by Gasteiger charge is -2.08. The zero-order valence-corrected chi connectivity index (χ0v) is 13.5. The van der Waals surface area contributed by atoms with Crippen molar-refractivity contribution in [2.24, 2.45) is 0 Å². The van der Waals surface area contributed by atoms with Gasteiger partial charge in [-0.05, 0) is 52.2 Å². The number of hydrazine groups is 1. The van der Waals surface area contributed by atoms with E-state index in [4.69, 9.17) is 0 Å². The number of rotatable bonds is 4. The van der Waals surface area contributed by atoms with E-state index < -0.39 is 23.4 Å². The Morgan fingerprint density at radius 1 is 1.00 bits per heavy atom. The summed E-state index contributed by atoms with van der Waals surface area (Å²) < 4.78 is 26.4. The molecule has 0 unspecified atom stereocenters. The number of benzene rings is 2. The first-order chi connectivity index (χ1) is 11.0. The third-order valence-electron chi connectivity index (χ3n) is 3.06. The Morgan fingerprint density at radius 2 is 1.74 bits per heavy atom. The van der Waals surface area contributed by atoms with Gasteiger partial charge in [-0.1, -0.05) is 18.2 Å². The average Bonchev–Trinajstić information content (AvgIpc) is 2.54. The maximum atomic E-state index is 13.0. The summed E-state index contributed by atoms with van der Waals surface area (Å²) in [7, 11) is 0. The van der Waals surface area contributed by atoms with E-state index in [0.29, 0.717) is 15.6 Å². The zero-order valence-electron chi connectivity index (χ0n) is 11.9. The van der Waals surface area contributed by atoms with Crippen LogP contribution < -0.4 is 10.9 Å². The van der Waals surface area contributed by atoms with Crippen LogP contribution in [0.25, 0.3) is 0 Å². The minimum Gasteiger partial charge on any atom is -0.273 e. The second-order valence-corrected chi connectivity index (χ2v) is 5.58. The van der Waals surface area contributed by atoms with E-state index >= 15 is 0 Å². The molecule has 0 heterocycles. The molecule has 2 amide bonds. The van der Waals surface area contributed by atoms with Gasteiger partial charge in [0.1, 0.15) is 0 Å². The normalized spacial score (nSPS) is 10.2. The van der Waals surface area contributed by atoms with Gasteiger partial charge in [0.25, 0.3) is 5.91 Å². The van der Waals surface area contributed by atoms with Crippen LogP contribution in [-0.2, 0) is 11.2 Å². The Bertz CT molecular complexity index is 738. The fourth-order valence-corrected chi connectivity index (χ4v) is 2.32. The van der Waals surface area contributed by atoms with Gasteiger partial charge in [0.2, 0.25) is 5.91 Å². The first-order valence-electron chi connectivity index (χ1n) is 6.75. The molecule has 2 N–H and O–H groups in total. The molecule has 2 rings (SSSR count). The molecule has 0 saturated carbocycles. The Hall–Kier alpha value is -2.28. The van der Waals surface area contributed by atoms with E-state index in [0.717, 1.165) is 12.1 Å². The highest BCUT2D eigenvalue weighted by Crippen LogP contribution is 2.15. The Morgan fingerprint density at radius 3 is 2.43 bits per heavy atom. The molecule has 0 aliphatic carbocycles. The van der Waals surface area contributed by atoms with Crippen molar-refractivity contribution in [2.45, 2.75) is 12.8 Å². The van der Waals surface area contributed by atoms with Crippen LogP contribution in [0.5, 0.6) is 0 Å². The topological polar surface area (TPSA) is 58.2 Å². The van der Waals surface area contributed by atoms with Crippen molar-refractivity contribution in [1.82, 2.24) is 10.9 Å². The average molecular weight is 383 g/mol. The number of aryl methyl sites for hydroxylation is 1. The maximum absolute atomic E-state index is 13.0. The van der Waals surface area contributed by atoms with Gasteiger partial charge >= 0.3 is 0 Å². The van der Waals surface area contributed by atoms with Gasteiger partial charge in [-0.3, -0.25) is 20.4 Å². The molecule has 0 atom stereocenters. The molecule has 0 radical (unpaired) electrons. The van der Waals surface area contributed by atoms with Crippen LogP contribution in [0, 0.1) is 11.6 Å². The first-order valence-corrected chi connectivity index (χ1v) is 7.54. The van der Waals surface area contributed by atoms with E-state index in [9.17, 15) is 18.4 Å². The fourth-order valence-electron chi connectivity index (χ4n) is 1.85. The van der Waals surface area contributed by atoms with Crippen LogP contribution in [0.15, 0.2) is 46.9 Å². The second-order valence-electron chi connectivity index (χ2n) is 4.73. The summed E-state index contributed by atoms with van der Waals surface area (Å²) in [5.41, 5.74) is 5.45. The molecular formula is C16H13BrF2N2O2. The molecule has 0 spiro atoms. The molecular weight excluding hydrogens is 370 g/mol. The minimum atomic E-state index is -0.954. The SMILES string of the molecule is O=C(CCc1ccc(F)c(F)c1)NNC(=O)c1ccccc1Br. The smallest absolute Gasteiger partial charge is 0.270 e. The number of nitrogens with one attached hydrogen (secondary N) is 2. The summed E-state index contributed by atoms with van der Waals surface area (Å²) in [5, 5.41) is 0. The highest BCUT2D eigenvalue weighted by molar-refractivity contribution is 9.10. The predicted octanol–water partition coefficient (Wildman–Crippen LogP) is 3.12. The van der Waals surface area contributed by atoms with Crippen molar-refractivity contribution < 1.29 is 18.4 Å². The van der Waals surface area contributed by atoms with Gasteiger partial charge in [0, 0.05) is 10.9 Å². The number of amides is 2. The largest absolute Gasteiger partial charge is 0.273 e.